The first-order valence-electron chi connectivity index (χ1n) is 14.0. The lowest BCUT2D eigenvalue weighted by molar-refractivity contribution is 0.0981. The zero-order chi connectivity index (χ0) is 29.4. The van der Waals surface area contributed by atoms with Crippen LogP contribution in [0.2, 0.25) is 5.15 Å². The molecule has 5 rings (SSSR count). The zero-order valence-corrected chi connectivity index (χ0v) is 25.6. The van der Waals surface area contributed by atoms with Crippen LogP contribution in [0.15, 0.2) is 35.5 Å². The van der Waals surface area contributed by atoms with Crippen molar-refractivity contribution in [2.24, 2.45) is 11.3 Å². The number of carbonyl (C=O) groups is 1. The highest BCUT2D eigenvalue weighted by molar-refractivity contribution is 7.90. The summed E-state index contributed by atoms with van der Waals surface area (Å²) in [5, 5.41) is 12.0. The van der Waals surface area contributed by atoms with E-state index in [0.29, 0.717) is 41.9 Å². The standard InChI is InChI=1S/C28H38ClN7O4S/c1-19-22(18-31-35(19)13-5-6-20-16-27(2,3)30-17-20)41(38,39)34-26(37)21-7-8-23(32-25(21)29)36-14-9-24(33-36)40-15-12-28(4)10-11-28/h7-9,14,18,20,30H,5-6,10-13,15-17H2,1-4H3,(H,34,37)/t20-/m0/s1. The zero-order valence-electron chi connectivity index (χ0n) is 24.0. The maximum absolute atomic E-state index is 13.1. The number of sulfonamides is 1. The monoisotopic (exact) mass is 603 g/mol. The highest BCUT2D eigenvalue weighted by atomic mass is 35.5. The quantitative estimate of drug-likeness (QED) is 0.293. The molecule has 2 N–H and O–H groups in total. The number of nitrogens with zero attached hydrogens (tertiary/aromatic N) is 5. The summed E-state index contributed by atoms with van der Waals surface area (Å²) in [4.78, 5) is 17.1. The Bertz CT molecular complexity index is 1530. The topological polar surface area (TPSA) is 133 Å². The van der Waals surface area contributed by atoms with Crippen LogP contribution < -0.4 is 14.8 Å². The third-order valence-electron chi connectivity index (χ3n) is 8.16. The minimum Gasteiger partial charge on any atom is -0.477 e. The molecule has 1 aliphatic carbocycles. The van der Waals surface area contributed by atoms with Crippen LogP contribution in [0.25, 0.3) is 5.82 Å². The molecule has 0 spiro atoms. The number of halogens is 1. The van der Waals surface area contributed by atoms with Crippen LogP contribution in [-0.2, 0) is 16.6 Å². The molecule has 0 radical (unpaired) electrons. The van der Waals surface area contributed by atoms with Gasteiger partial charge in [0.05, 0.1) is 24.1 Å². The summed E-state index contributed by atoms with van der Waals surface area (Å²) in [6.45, 7) is 10.5. The summed E-state index contributed by atoms with van der Waals surface area (Å²) in [5.41, 5.74) is 0.956. The van der Waals surface area contributed by atoms with E-state index in [0.717, 1.165) is 32.2 Å². The van der Waals surface area contributed by atoms with Gasteiger partial charge in [0.25, 0.3) is 15.9 Å². The molecule has 1 saturated carbocycles. The number of rotatable bonds is 12. The van der Waals surface area contributed by atoms with Gasteiger partial charge in [0.1, 0.15) is 10.0 Å². The van der Waals surface area contributed by atoms with E-state index in [4.69, 9.17) is 16.3 Å². The fraction of sp³-hybridized carbons (Fsp3) is 0.571. The van der Waals surface area contributed by atoms with Gasteiger partial charge in [-0.05, 0) is 89.3 Å². The summed E-state index contributed by atoms with van der Waals surface area (Å²) in [7, 11) is -4.18. The SMILES string of the molecule is Cc1c(S(=O)(=O)NC(=O)c2ccc(-n3ccc(OCCC4(C)CC4)n3)nc2Cl)cnn1CCC[C@@H]1CNC(C)(C)C1. The van der Waals surface area contributed by atoms with Gasteiger partial charge in [0.2, 0.25) is 5.88 Å². The van der Waals surface area contributed by atoms with Gasteiger partial charge in [-0.2, -0.15) is 5.10 Å². The molecule has 2 aliphatic rings. The molecule has 1 aliphatic heterocycles. The third-order valence-corrected chi connectivity index (χ3v) is 9.88. The van der Waals surface area contributed by atoms with Gasteiger partial charge in [-0.15, -0.1) is 5.10 Å². The van der Waals surface area contributed by atoms with Gasteiger partial charge in [-0.3, -0.25) is 9.48 Å². The molecule has 1 atom stereocenters. The second kappa shape index (κ2) is 11.4. The molecule has 1 saturated heterocycles. The molecule has 11 nitrogen and oxygen atoms in total. The molecule has 1 amide bonds. The first-order valence-corrected chi connectivity index (χ1v) is 15.9. The van der Waals surface area contributed by atoms with Gasteiger partial charge in [0.15, 0.2) is 5.82 Å². The summed E-state index contributed by atoms with van der Waals surface area (Å²) in [6.07, 6.45) is 9.43. The highest BCUT2D eigenvalue weighted by Gasteiger charge is 2.36. The number of pyridine rings is 1. The number of nitrogens with one attached hydrogen (secondary N) is 2. The Morgan fingerprint density at radius 3 is 2.71 bits per heavy atom. The minimum atomic E-state index is -4.18. The van der Waals surface area contributed by atoms with Crippen molar-refractivity contribution in [2.75, 3.05) is 13.2 Å². The fourth-order valence-corrected chi connectivity index (χ4v) is 6.65. The Morgan fingerprint density at radius 2 is 2.02 bits per heavy atom. The molecule has 41 heavy (non-hydrogen) atoms. The predicted molar refractivity (Wildman–Crippen MR) is 155 cm³/mol. The number of hydrogen-bond donors (Lipinski definition) is 2. The molecule has 2 fully saturated rings. The van der Waals surface area contributed by atoms with Crippen molar-refractivity contribution in [3.8, 4) is 11.7 Å². The van der Waals surface area contributed by atoms with E-state index < -0.39 is 15.9 Å². The van der Waals surface area contributed by atoms with Crippen LogP contribution in [0, 0.1) is 18.3 Å². The maximum atomic E-state index is 13.1. The molecule has 13 heteroatoms. The molecular weight excluding hydrogens is 566 g/mol. The summed E-state index contributed by atoms with van der Waals surface area (Å²) >= 11 is 6.30. The van der Waals surface area contributed by atoms with Gasteiger partial charge in [-0.25, -0.2) is 22.8 Å². The van der Waals surface area contributed by atoms with Crippen LogP contribution >= 0.6 is 11.6 Å². The van der Waals surface area contributed by atoms with Crippen molar-refractivity contribution in [3.05, 3.63) is 47.0 Å². The fourth-order valence-electron chi connectivity index (χ4n) is 5.27. The van der Waals surface area contributed by atoms with Crippen molar-refractivity contribution in [1.82, 2.24) is 34.6 Å². The molecule has 3 aromatic heterocycles. The number of aryl methyl sites for hydroxylation is 1. The van der Waals surface area contributed by atoms with E-state index >= 15 is 0 Å². The normalized spacial score (nSPS) is 19.3. The van der Waals surface area contributed by atoms with Crippen LogP contribution in [0.3, 0.4) is 0 Å². The first-order chi connectivity index (χ1) is 19.3. The molecule has 0 unspecified atom stereocenters. The number of hydrogen-bond acceptors (Lipinski definition) is 8. The van der Waals surface area contributed by atoms with Crippen LogP contribution in [-0.4, -0.2) is 57.6 Å². The second-order valence-corrected chi connectivity index (χ2v) is 14.3. The smallest absolute Gasteiger partial charge is 0.268 e. The van der Waals surface area contributed by atoms with Crippen molar-refractivity contribution in [1.29, 1.82) is 0 Å². The Kier molecular flexibility index (Phi) is 8.19. The van der Waals surface area contributed by atoms with Gasteiger partial charge in [-0.1, -0.05) is 18.5 Å². The lowest BCUT2D eigenvalue weighted by atomic mass is 9.94. The molecule has 3 aromatic rings. The Balaban J connectivity index is 1.18. The van der Waals surface area contributed by atoms with Crippen molar-refractivity contribution >= 4 is 27.5 Å². The molecule has 0 aromatic carbocycles. The van der Waals surface area contributed by atoms with Crippen molar-refractivity contribution in [3.63, 3.8) is 0 Å². The number of carbonyl (C=O) groups excluding carboxylic acids is 1. The Hall–Kier alpha value is -2.96. The number of aromatic nitrogens is 5. The molecule has 222 valence electrons. The Labute approximate surface area is 246 Å². The lowest BCUT2D eigenvalue weighted by Gasteiger charge is -2.17. The van der Waals surface area contributed by atoms with E-state index in [9.17, 15) is 13.2 Å². The predicted octanol–water partition coefficient (Wildman–Crippen LogP) is 4.28. The summed E-state index contributed by atoms with van der Waals surface area (Å²) in [6, 6.07) is 4.69. The van der Waals surface area contributed by atoms with Crippen LogP contribution in [0.4, 0.5) is 0 Å². The van der Waals surface area contributed by atoms with Gasteiger partial charge in [0, 0.05) is 24.3 Å². The largest absolute Gasteiger partial charge is 0.477 e. The molecular formula is C28H38ClN7O4S. The number of amides is 1. The highest BCUT2D eigenvalue weighted by Crippen LogP contribution is 2.47. The van der Waals surface area contributed by atoms with Crippen molar-refractivity contribution < 1.29 is 17.9 Å². The second-order valence-electron chi connectivity index (χ2n) is 12.2. The van der Waals surface area contributed by atoms with E-state index in [2.05, 4.69) is 46.0 Å². The van der Waals surface area contributed by atoms with E-state index in [1.807, 2.05) is 0 Å². The molecule has 4 heterocycles. The summed E-state index contributed by atoms with van der Waals surface area (Å²) in [5.74, 6) is 0.552. The minimum absolute atomic E-state index is 0.0463. The Morgan fingerprint density at radius 1 is 1.24 bits per heavy atom. The first kappa shape index (κ1) is 29.5. The van der Waals surface area contributed by atoms with E-state index in [1.54, 1.807) is 29.9 Å². The lowest BCUT2D eigenvalue weighted by Crippen LogP contribution is -2.31. The third kappa shape index (κ3) is 7.10. The number of ether oxygens (including phenoxy) is 1. The van der Waals surface area contributed by atoms with Gasteiger partial charge >= 0.3 is 0 Å². The van der Waals surface area contributed by atoms with Crippen molar-refractivity contribution in [2.45, 2.75) is 83.2 Å². The molecule has 0 bridgehead atoms. The van der Waals surface area contributed by atoms with Crippen LogP contribution in [0.5, 0.6) is 5.88 Å². The average Bonchev–Trinajstić information content (AvgIpc) is 3.21. The van der Waals surface area contributed by atoms with Gasteiger partial charge < -0.3 is 10.1 Å². The van der Waals surface area contributed by atoms with E-state index in [1.165, 1.54) is 29.8 Å². The summed E-state index contributed by atoms with van der Waals surface area (Å²) < 4.78 is 37.2. The van der Waals surface area contributed by atoms with E-state index in [-0.39, 0.29) is 21.2 Å². The maximum Gasteiger partial charge on any atom is 0.268 e. The van der Waals surface area contributed by atoms with Crippen LogP contribution in [0.1, 0.15) is 75.3 Å². The average molecular weight is 604 g/mol.